The number of methoxy groups -OCH3 is 1. The van der Waals surface area contributed by atoms with E-state index in [1.807, 2.05) is 120 Å². The molecule has 338 valence electrons. The minimum absolute atomic E-state index is 0.251. The Morgan fingerprint density at radius 3 is 1.20 bits per heavy atom. The lowest BCUT2D eigenvalue weighted by atomic mass is 10.0. The van der Waals surface area contributed by atoms with Gasteiger partial charge in [-0.3, -0.25) is 4.55 Å². The van der Waals surface area contributed by atoms with Crippen molar-refractivity contribution in [2.45, 2.75) is 4.90 Å². The third kappa shape index (κ3) is 7.32. The molecule has 0 amide bonds. The second-order valence-electron chi connectivity index (χ2n) is 17.2. The SMILES string of the molecule is COc1cc(N(c2ccccc2)c2ccc3c(c2)c2ccccc2n3-c2ccccc2)ccc1-c1ccc(N(c2ccccc2)c2ccc3c(c2)c2ccccc2n3-c2ccccc2)cc1S(=O)(=O)O. The summed E-state index contributed by atoms with van der Waals surface area (Å²) < 4.78 is 49.1. The zero-order chi connectivity index (χ0) is 47.3. The van der Waals surface area contributed by atoms with Crippen molar-refractivity contribution in [3.8, 4) is 28.3 Å². The zero-order valence-electron chi connectivity index (χ0n) is 38.0. The standard InChI is InChI=1S/C61H44N4O4S/c1-69-60-40-48(62(42-18-6-2-7-19-42)46-32-36-58-54(38-46)50-26-14-16-28-56(50)64(58)44-22-10-4-11-23-44)30-34-52(60)53-35-31-49(41-61(53)70(66,67)68)63(43-20-8-3-9-21-43)47-33-37-59-55(39-47)51-27-15-17-29-57(51)65(59)45-24-12-5-13-25-45/h2-41H,1H3,(H,66,67,68). The molecule has 2 heterocycles. The Morgan fingerprint density at radius 1 is 0.371 bits per heavy atom. The first-order valence-electron chi connectivity index (χ1n) is 23.0. The molecule has 0 atom stereocenters. The summed E-state index contributed by atoms with van der Waals surface area (Å²) in [4.78, 5) is 3.93. The quantitative estimate of drug-likeness (QED) is 0.130. The predicted molar refractivity (Wildman–Crippen MR) is 286 cm³/mol. The summed E-state index contributed by atoms with van der Waals surface area (Å²) >= 11 is 0. The summed E-state index contributed by atoms with van der Waals surface area (Å²) in [6.45, 7) is 0. The monoisotopic (exact) mass is 928 g/mol. The Hall–Kier alpha value is -8.89. The third-order valence-electron chi connectivity index (χ3n) is 13.1. The van der Waals surface area contributed by atoms with Gasteiger partial charge in [-0.2, -0.15) is 8.42 Å². The largest absolute Gasteiger partial charge is 0.496 e. The van der Waals surface area contributed by atoms with Crippen molar-refractivity contribution < 1.29 is 17.7 Å². The molecule has 0 fully saturated rings. The smallest absolute Gasteiger partial charge is 0.295 e. The number of nitrogens with zero attached hydrogens (tertiary/aromatic N) is 4. The van der Waals surface area contributed by atoms with Crippen LogP contribution in [-0.2, 0) is 10.1 Å². The van der Waals surface area contributed by atoms with E-state index in [0.717, 1.165) is 83.4 Å². The van der Waals surface area contributed by atoms with Gasteiger partial charge in [0.15, 0.2) is 0 Å². The van der Waals surface area contributed by atoms with Crippen LogP contribution in [0.5, 0.6) is 5.75 Å². The van der Waals surface area contributed by atoms with E-state index in [4.69, 9.17) is 4.74 Å². The van der Waals surface area contributed by atoms with Crippen LogP contribution in [0.15, 0.2) is 248 Å². The molecule has 0 saturated heterocycles. The van der Waals surface area contributed by atoms with E-state index < -0.39 is 10.1 Å². The first-order valence-corrected chi connectivity index (χ1v) is 24.5. The molecule has 12 rings (SSSR count). The van der Waals surface area contributed by atoms with Crippen molar-refractivity contribution in [2.24, 2.45) is 0 Å². The Bertz CT molecular complexity index is 4030. The van der Waals surface area contributed by atoms with E-state index in [1.54, 1.807) is 19.2 Å². The third-order valence-corrected chi connectivity index (χ3v) is 14.0. The second kappa shape index (κ2) is 17.3. The zero-order valence-corrected chi connectivity index (χ0v) is 38.8. The molecule has 0 radical (unpaired) electrons. The van der Waals surface area contributed by atoms with E-state index in [2.05, 4.69) is 129 Å². The van der Waals surface area contributed by atoms with Crippen LogP contribution in [0.1, 0.15) is 0 Å². The maximum atomic E-state index is 13.7. The van der Waals surface area contributed by atoms with Gasteiger partial charge in [-0.1, -0.05) is 115 Å². The number of hydrogen-bond acceptors (Lipinski definition) is 5. The number of aromatic nitrogens is 2. The summed E-state index contributed by atoms with van der Waals surface area (Å²) in [6.07, 6.45) is 0. The Kier molecular flexibility index (Phi) is 10.5. The molecule has 10 aromatic carbocycles. The van der Waals surface area contributed by atoms with Crippen LogP contribution in [0, 0.1) is 0 Å². The van der Waals surface area contributed by atoms with Crippen LogP contribution in [0.25, 0.3) is 66.1 Å². The summed E-state index contributed by atoms with van der Waals surface area (Å²) in [6, 6.07) is 81.1. The summed E-state index contributed by atoms with van der Waals surface area (Å²) in [5, 5.41) is 4.36. The molecule has 0 bridgehead atoms. The van der Waals surface area contributed by atoms with Crippen LogP contribution in [-0.4, -0.2) is 29.2 Å². The molecule has 8 nitrogen and oxygen atoms in total. The number of benzene rings is 10. The maximum Gasteiger partial charge on any atom is 0.295 e. The van der Waals surface area contributed by atoms with Crippen molar-refractivity contribution in [1.82, 2.24) is 9.13 Å². The Balaban J connectivity index is 0.981. The van der Waals surface area contributed by atoms with Crippen LogP contribution < -0.4 is 14.5 Å². The van der Waals surface area contributed by atoms with Crippen molar-refractivity contribution in [3.05, 3.63) is 243 Å². The van der Waals surface area contributed by atoms with E-state index in [9.17, 15) is 13.0 Å². The first kappa shape index (κ1) is 42.5. The number of rotatable bonds is 11. The van der Waals surface area contributed by atoms with E-state index in [-0.39, 0.29) is 4.90 Å². The normalized spacial score (nSPS) is 11.7. The van der Waals surface area contributed by atoms with Crippen molar-refractivity contribution in [1.29, 1.82) is 0 Å². The first-order chi connectivity index (χ1) is 34.3. The van der Waals surface area contributed by atoms with Gasteiger partial charge in [-0.25, -0.2) is 0 Å². The van der Waals surface area contributed by atoms with Crippen LogP contribution >= 0.6 is 0 Å². The van der Waals surface area contributed by atoms with Gasteiger partial charge in [-0.05, 0) is 121 Å². The predicted octanol–water partition coefficient (Wildman–Crippen LogP) is 15.7. The van der Waals surface area contributed by atoms with Gasteiger partial charge in [0.25, 0.3) is 10.1 Å². The van der Waals surface area contributed by atoms with Crippen molar-refractivity contribution >= 4 is 87.9 Å². The van der Waals surface area contributed by atoms with E-state index in [0.29, 0.717) is 22.6 Å². The molecule has 0 aliphatic heterocycles. The van der Waals surface area contributed by atoms with E-state index >= 15 is 0 Å². The molecule has 0 spiro atoms. The van der Waals surface area contributed by atoms with Gasteiger partial charge in [0.05, 0.1) is 29.2 Å². The van der Waals surface area contributed by atoms with Crippen molar-refractivity contribution in [3.63, 3.8) is 0 Å². The second-order valence-corrected chi connectivity index (χ2v) is 18.6. The molecule has 0 aliphatic carbocycles. The van der Waals surface area contributed by atoms with Gasteiger partial charge in [-0.15, -0.1) is 0 Å². The van der Waals surface area contributed by atoms with Gasteiger partial charge in [0, 0.05) is 84.2 Å². The summed E-state index contributed by atoms with van der Waals surface area (Å²) in [5.41, 5.74) is 12.1. The van der Waals surface area contributed by atoms with Gasteiger partial charge >= 0.3 is 0 Å². The highest BCUT2D eigenvalue weighted by atomic mass is 32.2. The molecule has 12 aromatic rings. The summed E-state index contributed by atoms with van der Waals surface area (Å²) in [5.74, 6) is 0.429. The number of hydrogen-bond donors (Lipinski definition) is 1. The Morgan fingerprint density at radius 2 is 0.743 bits per heavy atom. The number of para-hydroxylation sites is 6. The molecular weight excluding hydrogens is 885 g/mol. The average Bonchev–Trinajstić information content (AvgIpc) is 3.92. The lowest BCUT2D eigenvalue weighted by molar-refractivity contribution is 0.416. The molecule has 2 aromatic heterocycles. The van der Waals surface area contributed by atoms with E-state index in [1.165, 1.54) is 0 Å². The van der Waals surface area contributed by atoms with Gasteiger partial charge < -0.3 is 23.7 Å². The molecule has 0 saturated carbocycles. The van der Waals surface area contributed by atoms with Gasteiger partial charge in [0.1, 0.15) is 10.6 Å². The molecule has 0 aliphatic rings. The molecule has 1 N–H and O–H groups in total. The fourth-order valence-electron chi connectivity index (χ4n) is 10.1. The minimum atomic E-state index is -4.79. The fraction of sp³-hybridized carbons (Fsp3) is 0.0164. The van der Waals surface area contributed by atoms with Crippen LogP contribution in [0.2, 0.25) is 0 Å². The fourth-order valence-corrected chi connectivity index (χ4v) is 10.8. The summed E-state index contributed by atoms with van der Waals surface area (Å²) in [7, 11) is -3.21. The molecule has 9 heteroatoms. The topological polar surface area (TPSA) is 79.9 Å². The highest BCUT2D eigenvalue weighted by Gasteiger charge is 2.25. The molecular formula is C61H44N4O4S. The average molecular weight is 929 g/mol. The lowest BCUT2D eigenvalue weighted by Crippen LogP contribution is -2.12. The highest BCUT2D eigenvalue weighted by molar-refractivity contribution is 7.86. The lowest BCUT2D eigenvalue weighted by Gasteiger charge is -2.27. The number of ether oxygens (including phenoxy) is 1. The van der Waals surface area contributed by atoms with Crippen LogP contribution in [0.4, 0.5) is 34.1 Å². The number of fused-ring (bicyclic) bond motifs is 6. The van der Waals surface area contributed by atoms with Gasteiger partial charge in [0.2, 0.25) is 0 Å². The minimum Gasteiger partial charge on any atom is -0.496 e. The Labute approximate surface area is 405 Å². The number of anilines is 6. The highest BCUT2D eigenvalue weighted by Crippen LogP contribution is 2.46. The molecule has 70 heavy (non-hydrogen) atoms. The van der Waals surface area contributed by atoms with Crippen LogP contribution in [0.3, 0.4) is 0 Å². The van der Waals surface area contributed by atoms with Crippen molar-refractivity contribution in [2.75, 3.05) is 16.9 Å². The molecule has 0 unspecified atom stereocenters. The maximum absolute atomic E-state index is 13.7.